The largest absolute Gasteiger partial charge is 0.460 e. The van der Waals surface area contributed by atoms with E-state index in [1.165, 1.54) is 0 Å². The zero-order valence-electron chi connectivity index (χ0n) is 8.58. The molecule has 0 aromatic carbocycles. The van der Waals surface area contributed by atoms with Gasteiger partial charge in [0.2, 0.25) is 0 Å². The average Bonchev–Trinajstić information content (AvgIpc) is 2.08. The molecule has 2 unspecified atom stereocenters. The average molecular weight is 186 g/mol. The van der Waals surface area contributed by atoms with Gasteiger partial charge in [-0.05, 0) is 19.8 Å². The van der Waals surface area contributed by atoms with E-state index in [-0.39, 0.29) is 18.0 Å². The van der Waals surface area contributed by atoms with E-state index in [1.807, 2.05) is 20.8 Å². The van der Waals surface area contributed by atoms with Crippen LogP contribution in [0, 0.1) is 5.92 Å². The van der Waals surface area contributed by atoms with Crippen molar-refractivity contribution >= 4 is 5.97 Å². The molecule has 1 aliphatic rings. The van der Waals surface area contributed by atoms with Crippen LogP contribution in [0.1, 0.15) is 33.6 Å². The van der Waals surface area contributed by atoms with Crippen molar-refractivity contribution in [2.75, 3.05) is 6.61 Å². The van der Waals surface area contributed by atoms with Crippen LogP contribution in [0.4, 0.5) is 0 Å². The lowest BCUT2D eigenvalue weighted by molar-refractivity contribution is -0.161. The number of hydrogen-bond acceptors (Lipinski definition) is 3. The highest BCUT2D eigenvalue weighted by Gasteiger charge is 2.22. The second-order valence-electron chi connectivity index (χ2n) is 3.93. The van der Waals surface area contributed by atoms with Crippen molar-refractivity contribution < 1.29 is 14.3 Å². The lowest BCUT2D eigenvalue weighted by Crippen LogP contribution is -2.32. The molecule has 2 atom stereocenters. The minimum Gasteiger partial charge on any atom is -0.460 e. The molecule has 0 bridgehead atoms. The third kappa shape index (κ3) is 3.35. The predicted molar refractivity (Wildman–Crippen MR) is 49.4 cm³/mol. The van der Waals surface area contributed by atoms with E-state index in [4.69, 9.17) is 9.47 Å². The van der Waals surface area contributed by atoms with Gasteiger partial charge in [-0.2, -0.15) is 0 Å². The van der Waals surface area contributed by atoms with Crippen molar-refractivity contribution in [2.24, 2.45) is 5.92 Å². The number of carbonyl (C=O) groups excluding carboxylic acids is 1. The molecule has 0 aromatic rings. The molecule has 0 aromatic heterocycles. The molecule has 13 heavy (non-hydrogen) atoms. The van der Waals surface area contributed by atoms with Gasteiger partial charge in [-0.25, -0.2) is 0 Å². The molecule has 3 heteroatoms. The van der Waals surface area contributed by atoms with Crippen molar-refractivity contribution in [2.45, 2.75) is 45.8 Å². The Morgan fingerprint density at radius 2 is 2.15 bits per heavy atom. The van der Waals surface area contributed by atoms with Crippen LogP contribution in [0.2, 0.25) is 0 Å². The second kappa shape index (κ2) is 4.61. The topological polar surface area (TPSA) is 35.5 Å². The van der Waals surface area contributed by atoms with Gasteiger partial charge in [0.25, 0.3) is 0 Å². The van der Waals surface area contributed by atoms with E-state index in [2.05, 4.69) is 0 Å². The summed E-state index contributed by atoms with van der Waals surface area (Å²) < 4.78 is 10.6. The minimum atomic E-state index is -0.122. The Labute approximate surface area is 79.4 Å². The highest BCUT2D eigenvalue weighted by molar-refractivity contribution is 5.71. The van der Waals surface area contributed by atoms with Crippen LogP contribution in [0.5, 0.6) is 0 Å². The summed E-state index contributed by atoms with van der Waals surface area (Å²) in [5.41, 5.74) is 0. The standard InChI is InChI=1S/C10H18O3/c1-7(2)10(11)13-9-5-4-8(3)12-6-9/h7-9H,4-6H2,1-3H3. The normalized spacial score (nSPS) is 28.9. The van der Waals surface area contributed by atoms with Crippen LogP contribution in [0.25, 0.3) is 0 Å². The summed E-state index contributed by atoms with van der Waals surface area (Å²) in [6, 6.07) is 0. The van der Waals surface area contributed by atoms with E-state index in [0.717, 1.165) is 12.8 Å². The van der Waals surface area contributed by atoms with Crippen molar-refractivity contribution in [1.82, 2.24) is 0 Å². The molecule has 0 radical (unpaired) electrons. The molecule has 1 rings (SSSR count). The summed E-state index contributed by atoms with van der Waals surface area (Å²) in [5, 5.41) is 0. The predicted octanol–water partition coefficient (Wildman–Crippen LogP) is 1.75. The Balaban J connectivity index is 2.26. The van der Waals surface area contributed by atoms with Crippen LogP contribution in [-0.2, 0) is 14.3 Å². The van der Waals surface area contributed by atoms with Gasteiger partial charge in [0.15, 0.2) is 0 Å². The first kappa shape index (κ1) is 10.5. The molecule has 1 heterocycles. The third-order valence-corrected chi connectivity index (χ3v) is 2.22. The molecule has 0 N–H and O–H groups in total. The lowest BCUT2D eigenvalue weighted by atomic mass is 10.1. The van der Waals surface area contributed by atoms with Crippen LogP contribution in [0.15, 0.2) is 0 Å². The summed E-state index contributed by atoms with van der Waals surface area (Å²) in [5.74, 6) is -0.164. The van der Waals surface area contributed by atoms with Crippen LogP contribution in [0.3, 0.4) is 0 Å². The fraction of sp³-hybridized carbons (Fsp3) is 0.900. The quantitative estimate of drug-likeness (QED) is 0.616. The fourth-order valence-electron chi connectivity index (χ4n) is 1.25. The number of ether oxygens (including phenoxy) is 2. The van der Waals surface area contributed by atoms with Crippen LogP contribution >= 0.6 is 0 Å². The fourth-order valence-corrected chi connectivity index (χ4v) is 1.25. The molecule has 3 nitrogen and oxygen atoms in total. The maximum atomic E-state index is 11.2. The number of hydrogen-bond donors (Lipinski definition) is 0. The Morgan fingerprint density at radius 1 is 1.46 bits per heavy atom. The highest BCUT2D eigenvalue weighted by Crippen LogP contribution is 2.16. The molecular weight excluding hydrogens is 168 g/mol. The number of rotatable bonds is 2. The zero-order valence-corrected chi connectivity index (χ0v) is 8.58. The van der Waals surface area contributed by atoms with E-state index in [9.17, 15) is 4.79 Å². The highest BCUT2D eigenvalue weighted by atomic mass is 16.6. The summed E-state index contributed by atoms with van der Waals surface area (Å²) >= 11 is 0. The summed E-state index contributed by atoms with van der Waals surface area (Å²) in [6.45, 7) is 6.28. The maximum Gasteiger partial charge on any atom is 0.308 e. The van der Waals surface area contributed by atoms with Gasteiger partial charge in [0, 0.05) is 0 Å². The van der Waals surface area contributed by atoms with Gasteiger partial charge in [-0.1, -0.05) is 13.8 Å². The molecule has 1 fully saturated rings. The smallest absolute Gasteiger partial charge is 0.308 e. The van der Waals surface area contributed by atoms with Crippen molar-refractivity contribution in [3.63, 3.8) is 0 Å². The van der Waals surface area contributed by atoms with Crippen molar-refractivity contribution in [3.05, 3.63) is 0 Å². The third-order valence-electron chi connectivity index (χ3n) is 2.22. The first-order valence-corrected chi connectivity index (χ1v) is 4.91. The molecule has 0 amide bonds. The monoisotopic (exact) mass is 186 g/mol. The van der Waals surface area contributed by atoms with E-state index in [0.29, 0.717) is 12.7 Å². The molecule has 0 saturated carbocycles. The van der Waals surface area contributed by atoms with E-state index >= 15 is 0 Å². The van der Waals surface area contributed by atoms with E-state index < -0.39 is 0 Å². The van der Waals surface area contributed by atoms with Gasteiger partial charge < -0.3 is 9.47 Å². The lowest BCUT2D eigenvalue weighted by Gasteiger charge is -2.27. The first-order chi connectivity index (χ1) is 6.09. The zero-order chi connectivity index (χ0) is 9.84. The van der Waals surface area contributed by atoms with Gasteiger partial charge in [0.05, 0.1) is 18.6 Å². The molecule has 1 saturated heterocycles. The first-order valence-electron chi connectivity index (χ1n) is 4.91. The van der Waals surface area contributed by atoms with Crippen molar-refractivity contribution in [1.29, 1.82) is 0 Å². The number of carbonyl (C=O) groups is 1. The van der Waals surface area contributed by atoms with Crippen molar-refractivity contribution in [3.8, 4) is 0 Å². The number of esters is 1. The van der Waals surface area contributed by atoms with Gasteiger partial charge in [-0.3, -0.25) is 4.79 Å². The summed E-state index contributed by atoms with van der Waals surface area (Å²) in [7, 11) is 0. The summed E-state index contributed by atoms with van der Waals surface area (Å²) in [6.07, 6.45) is 2.20. The Bertz CT molecular complexity index is 169. The van der Waals surface area contributed by atoms with Gasteiger partial charge in [0.1, 0.15) is 6.10 Å². The molecule has 76 valence electrons. The van der Waals surface area contributed by atoms with Gasteiger partial charge >= 0.3 is 5.97 Å². The van der Waals surface area contributed by atoms with Crippen LogP contribution < -0.4 is 0 Å². The van der Waals surface area contributed by atoms with Crippen LogP contribution in [-0.4, -0.2) is 24.8 Å². The Morgan fingerprint density at radius 3 is 2.62 bits per heavy atom. The Hall–Kier alpha value is -0.570. The maximum absolute atomic E-state index is 11.2. The summed E-state index contributed by atoms with van der Waals surface area (Å²) in [4.78, 5) is 11.2. The molecule has 0 aliphatic carbocycles. The minimum absolute atomic E-state index is 0.0221. The molecule has 0 spiro atoms. The van der Waals surface area contributed by atoms with Gasteiger partial charge in [-0.15, -0.1) is 0 Å². The second-order valence-corrected chi connectivity index (χ2v) is 3.93. The SMILES string of the molecule is CC1CCC(OC(=O)C(C)C)CO1. The Kier molecular flexibility index (Phi) is 3.72. The van der Waals surface area contributed by atoms with E-state index in [1.54, 1.807) is 0 Å². The molecular formula is C10H18O3. The molecule has 1 aliphatic heterocycles.